The van der Waals surface area contributed by atoms with E-state index in [2.05, 4.69) is 29.4 Å². The molecular formula is C20H32N4O. The zero-order valence-corrected chi connectivity index (χ0v) is 15.8. The average Bonchev–Trinajstić information content (AvgIpc) is 3.03. The predicted octanol–water partition coefficient (Wildman–Crippen LogP) is 3.47. The van der Waals surface area contributed by atoms with Gasteiger partial charge in [-0.1, -0.05) is 13.8 Å². The molecular weight excluding hydrogens is 312 g/mol. The molecule has 1 atom stereocenters. The van der Waals surface area contributed by atoms with Crippen LogP contribution in [-0.2, 0) is 0 Å². The Bertz CT molecular complexity index is 622. The first-order chi connectivity index (χ1) is 12.0. The SMILES string of the molecule is CNc1cc(N2CCC(C)C2)c(C(=O)NC2CCC(C)CC2)cc1N. The first-order valence-electron chi connectivity index (χ1n) is 9.65. The van der Waals surface area contributed by atoms with Crippen molar-refractivity contribution < 1.29 is 4.79 Å². The van der Waals surface area contributed by atoms with Crippen molar-refractivity contribution in [3.8, 4) is 0 Å². The lowest BCUT2D eigenvalue weighted by molar-refractivity contribution is 0.0923. The number of rotatable bonds is 4. The van der Waals surface area contributed by atoms with E-state index in [9.17, 15) is 4.79 Å². The van der Waals surface area contributed by atoms with Gasteiger partial charge in [-0.25, -0.2) is 0 Å². The molecule has 1 amide bonds. The molecule has 1 aliphatic heterocycles. The second-order valence-electron chi connectivity index (χ2n) is 7.98. The number of carbonyl (C=O) groups is 1. The number of nitrogen functional groups attached to an aromatic ring is 1. The van der Waals surface area contributed by atoms with Crippen LogP contribution in [0.5, 0.6) is 0 Å². The van der Waals surface area contributed by atoms with Gasteiger partial charge in [-0.05, 0) is 56.1 Å². The molecule has 1 saturated heterocycles. The summed E-state index contributed by atoms with van der Waals surface area (Å²) in [5.41, 5.74) is 9.38. The Kier molecular flexibility index (Phi) is 5.40. The highest BCUT2D eigenvalue weighted by atomic mass is 16.1. The Morgan fingerprint density at radius 1 is 1.12 bits per heavy atom. The minimum Gasteiger partial charge on any atom is -0.397 e. The molecule has 3 rings (SSSR count). The van der Waals surface area contributed by atoms with Crippen LogP contribution in [0.2, 0.25) is 0 Å². The molecule has 0 bridgehead atoms. The molecule has 25 heavy (non-hydrogen) atoms. The smallest absolute Gasteiger partial charge is 0.253 e. The summed E-state index contributed by atoms with van der Waals surface area (Å²) >= 11 is 0. The van der Waals surface area contributed by atoms with E-state index in [-0.39, 0.29) is 5.91 Å². The molecule has 5 heteroatoms. The summed E-state index contributed by atoms with van der Waals surface area (Å²) in [6.07, 6.45) is 5.71. The molecule has 1 unspecified atom stereocenters. The first kappa shape index (κ1) is 17.9. The van der Waals surface area contributed by atoms with Gasteiger partial charge in [-0.3, -0.25) is 4.79 Å². The van der Waals surface area contributed by atoms with Crippen LogP contribution in [0.25, 0.3) is 0 Å². The van der Waals surface area contributed by atoms with Crippen molar-refractivity contribution in [3.05, 3.63) is 17.7 Å². The Morgan fingerprint density at radius 3 is 2.44 bits per heavy atom. The fraction of sp³-hybridized carbons (Fsp3) is 0.650. The molecule has 2 fully saturated rings. The van der Waals surface area contributed by atoms with E-state index in [1.54, 1.807) is 0 Å². The fourth-order valence-electron chi connectivity index (χ4n) is 4.09. The van der Waals surface area contributed by atoms with Gasteiger partial charge in [0.1, 0.15) is 0 Å². The zero-order chi connectivity index (χ0) is 18.0. The molecule has 0 aromatic heterocycles. The number of carbonyl (C=O) groups excluding carboxylic acids is 1. The van der Waals surface area contributed by atoms with Gasteiger partial charge >= 0.3 is 0 Å². The van der Waals surface area contributed by atoms with Crippen LogP contribution in [0.1, 0.15) is 56.3 Å². The number of nitrogens with one attached hydrogen (secondary N) is 2. The molecule has 4 N–H and O–H groups in total. The van der Waals surface area contributed by atoms with Crippen molar-refractivity contribution in [2.75, 3.05) is 36.1 Å². The maximum absolute atomic E-state index is 13.0. The second kappa shape index (κ2) is 7.54. The summed E-state index contributed by atoms with van der Waals surface area (Å²) < 4.78 is 0. The normalized spacial score (nSPS) is 26.5. The van der Waals surface area contributed by atoms with Crippen molar-refractivity contribution in [2.24, 2.45) is 11.8 Å². The molecule has 2 aliphatic rings. The van der Waals surface area contributed by atoms with Gasteiger partial charge < -0.3 is 21.3 Å². The molecule has 0 radical (unpaired) electrons. The van der Waals surface area contributed by atoms with Crippen LogP contribution in [0.15, 0.2) is 12.1 Å². The van der Waals surface area contributed by atoms with Crippen molar-refractivity contribution in [1.82, 2.24) is 5.32 Å². The second-order valence-corrected chi connectivity index (χ2v) is 7.98. The van der Waals surface area contributed by atoms with Crippen molar-refractivity contribution in [3.63, 3.8) is 0 Å². The molecule has 1 aromatic rings. The number of benzene rings is 1. The third-order valence-electron chi connectivity index (χ3n) is 5.80. The van der Waals surface area contributed by atoms with Crippen LogP contribution >= 0.6 is 0 Å². The van der Waals surface area contributed by atoms with Crippen LogP contribution in [0, 0.1) is 11.8 Å². The number of hydrogen-bond donors (Lipinski definition) is 3. The highest BCUT2D eigenvalue weighted by Gasteiger charge is 2.26. The number of hydrogen-bond acceptors (Lipinski definition) is 4. The van der Waals surface area contributed by atoms with Gasteiger partial charge in [0.2, 0.25) is 0 Å². The summed E-state index contributed by atoms with van der Waals surface area (Å²) in [6, 6.07) is 4.16. The summed E-state index contributed by atoms with van der Waals surface area (Å²) in [6.45, 7) is 6.55. The van der Waals surface area contributed by atoms with Crippen molar-refractivity contribution in [2.45, 2.75) is 52.0 Å². The molecule has 5 nitrogen and oxygen atoms in total. The van der Waals surface area contributed by atoms with Crippen LogP contribution in [-0.4, -0.2) is 32.1 Å². The molecule has 1 aromatic carbocycles. The first-order valence-corrected chi connectivity index (χ1v) is 9.65. The fourth-order valence-corrected chi connectivity index (χ4v) is 4.09. The topological polar surface area (TPSA) is 70.4 Å². The van der Waals surface area contributed by atoms with E-state index in [0.29, 0.717) is 23.2 Å². The molecule has 138 valence electrons. The highest BCUT2D eigenvalue weighted by Crippen LogP contribution is 2.33. The van der Waals surface area contributed by atoms with Gasteiger partial charge in [0, 0.05) is 26.2 Å². The highest BCUT2D eigenvalue weighted by molar-refractivity contribution is 6.02. The van der Waals surface area contributed by atoms with Gasteiger partial charge in [0.25, 0.3) is 5.91 Å². The number of nitrogens with zero attached hydrogens (tertiary/aromatic N) is 1. The number of anilines is 3. The van der Waals surface area contributed by atoms with E-state index in [0.717, 1.165) is 43.2 Å². The zero-order valence-electron chi connectivity index (χ0n) is 15.8. The van der Waals surface area contributed by atoms with Crippen LogP contribution < -0.4 is 21.3 Å². The summed E-state index contributed by atoms with van der Waals surface area (Å²) in [5, 5.41) is 6.39. The maximum Gasteiger partial charge on any atom is 0.253 e. The van der Waals surface area contributed by atoms with Crippen molar-refractivity contribution in [1.29, 1.82) is 0 Å². The van der Waals surface area contributed by atoms with Gasteiger partial charge in [-0.2, -0.15) is 0 Å². The van der Waals surface area contributed by atoms with Crippen LogP contribution in [0.3, 0.4) is 0 Å². The quantitative estimate of drug-likeness (QED) is 0.732. The monoisotopic (exact) mass is 344 g/mol. The van der Waals surface area contributed by atoms with E-state index in [4.69, 9.17) is 5.73 Å². The van der Waals surface area contributed by atoms with Crippen LogP contribution in [0.4, 0.5) is 17.1 Å². The molecule has 0 spiro atoms. The predicted molar refractivity (Wildman–Crippen MR) is 105 cm³/mol. The maximum atomic E-state index is 13.0. The number of nitrogens with two attached hydrogens (primary N) is 1. The lowest BCUT2D eigenvalue weighted by Gasteiger charge is -2.28. The average molecular weight is 345 g/mol. The standard InChI is InChI=1S/C20H32N4O/c1-13-4-6-15(7-5-13)23-20(25)16-10-17(21)18(22-3)11-19(16)24-9-8-14(2)12-24/h10-11,13-15,22H,4-9,12,21H2,1-3H3,(H,23,25). The van der Waals surface area contributed by atoms with E-state index >= 15 is 0 Å². The minimum atomic E-state index is 0.0171. The van der Waals surface area contributed by atoms with E-state index in [1.807, 2.05) is 19.2 Å². The third-order valence-corrected chi connectivity index (χ3v) is 5.80. The summed E-state index contributed by atoms with van der Waals surface area (Å²) in [7, 11) is 1.87. The Hall–Kier alpha value is -1.91. The lowest BCUT2D eigenvalue weighted by atomic mass is 9.87. The molecule has 1 heterocycles. The molecule has 1 saturated carbocycles. The summed E-state index contributed by atoms with van der Waals surface area (Å²) in [5.74, 6) is 1.45. The Labute approximate surface area is 151 Å². The summed E-state index contributed by atoms with van der Waals surface area (Å²) in [4.78, 5) is 15.3. The van der Waals surface area contributed by atoms with Crippen molar-refractivity contribution >= 4 is 23.0 Å². The minimum absolute atomic E-state index is 0.0171. The van der Waals surface area contributed by atoms with Gasteiger partial charge in [0.05, 0.1) is 22.6 Å². The Balaban J connectivity index is 1.83. The van der Waals surface area contributed by atoms with Gasteiger partial charge in [-0.15, -0.1) is 0 Å². The van der Waals surface area contributed by atoms with E-state index in [1.165, 1.54) is 19.3 Å². The third kappa shape index (κ3) is 4.02. The van der Waals surface area contributed by atoms with Gasteiger partial charge in [0.15, 0.2) is 0 Å². The van der Waals surface area contributed by atoms with E-state index < -0.39 is 0 Å². The molecule has 1 aliphatic carbocycles. The number of amides is 1. The lowest BCUT2D eigenvalue weighted by Crippen LogP contribution is -2.38. The Morgan fingerprint density at radius 2 is 1.84 bits per heavy atom. The largest absolute Gasteiger partial charge is 0.397 e.